The largest absolute Gasteiger partial charge is 0.394 e. The standard InChI is InChI=1S/C48H82O17/c1-23(24-15-16-46(6)34-12-10-25-26(11-13-35(54)44(25,2)3)48(34,8)36(55)19-47(24,46)7)9-14-37(45(4,5)59)65-42-30(61-43-40(58)39(57)38(56)32(21-50)63-43)18-28(52)33(64-42)22-60-41-29(53)17-27(51)31(20-49)62-41/h10,23-24,26-43,49-59H,9,11-22H2,1-8H3/t23-,24?,26?,27+,28+,29-,30-,31-,32+,33-,34?,35+,36-,37-,38+,39-,40+,41-,42+,43?,46+,47-,48+/m1/s1. The molecule has 0 amide bonds. The summed E-state index contributed by atoms with van der Waals surface area (Å²) in [6.07, 6.45) is -10.9. The quantitative estimate of drug-likeness (QED) is 0.108. The minimum absolute atomic E-state index is 0.0470. The van der Waals surface area contributed by atoms with Crippen LogP contribution >= 0.6 is 0 Å². The molecule has 0 radical (unpaired) electrons. The Balaban J connectivity index is 1.08. The Morgan fingerprint density at radius 3 is 2.03 bits per heavy atom. The van der Waals surface area contributed by atoms with Crippen molar-refractivity contribution >= 4 is 0 Å². The minimum atomic E-state index is -1.75. The molecule has 3 saturated carbocycles. The zero-order valence-electron chi connectivity index (χ0n) is 39.7. The molecule has 65 heavy (non-hydrogen) atoms. The Labute approximate surface area is 384 Å². The molecule has 0 spiro atoms. The van der Waals surface area contributed by atoms with Crippen LogP contribution in [0.3, 0.4) is 0 Å². The van der Waals surface area contributed by atoms with E-state index in [1.165, 1.54) is 5.57 Å². The minimum Gasteiger partial charge on any atom is -0.394 e. The molecule has 17 nitrogen and oxygen atoms in total. The van der Waals surface area contributed by atoms with Gasteiger partial charge in [0.15, 0.2) is 18.9 Å². The monoisotopic (exact) mass is 931 g/mol. The molecule has 0 aromatic rings. The van der Waals surface area contributed by atoms with E-state index in [-0.39, 0.29) is 64.8 Å². The van der Waals surface area contributed by atoms with E-state index in [0.29, 0.717) is 19.3 Å². The van der Waals surface area contributed by atoms with Gasteiger partial charge in [-0.3, -0.25) is 0 Å². The van der Waals surface area contributed by atoms with Crippen molar-refractivity contribution in [1.82, 2.24) is 0 Å². The van der Waals surface area contributed by atoms with E-state index in [1.54, 1.807) is 13.8 Å². The number of fused-ring (bicyclic) bond motifs is 5. The number of ether oxygens (including phenoxy) is 6. The molecule has 0 aromatic heterocycles. The average Bonchev–Trinajstić information content (AvgIpc) is 3.51. The third-order valence-electron chi connectivity index (χ3n) is 18.4. The van der Waals surface area contributed by atoms with Crippen LogP contribution in [0.15, 0.2) is 11.6 Å². The zero-order valence-corrected chi connectivity index (χ0v) is 39.7. The summed E-state index contributed by atoms with van der Waals surface area (Å²) in [4.78, 5) is 0. The number of aliphatic hydroxyl groups is 11. The van der Waals surface area contributed by atoms with E-state index in [1.807, 2.05) is 0 Å². The second-order valence-corrected chi connectivity index (χ2v) is 22.9. The number of allylic oxidation sites excluding steroid dienone is 1. The Bertz CT molecular complexity index is 1640. The molecule has 0 aromatic carbocycles. The maximum absolute atomic E-state index is 12.4. The van der Waals surface area contributed by atoms with Gasteiger partial charge in [-0.25, -0.2) is 0 Å². The summed E-state index contributed by atoms with van der Waals surface area (Å²) in [6.45, 7) is 15.4. The van der Waals surface area contributed by atoms with Gasteiger partial charge in [-0.05, 0) is 99.7 Å². The molecule has 4 unspecified atom stereocenters. The molecule has 7 aliphatic rings. The highest BCUT2D eigenvalue weighted by Gasteiger charge is 2.70. The second kappa shape index (κ2) is 19.3. The van der Waals surface area contributed by atoms with E-state index in [0.717, 1.165) is 32.1 Å². The van der Waals surface area contributed by atoms with Gasteiger partial charge in [0, 0.05) is 23.7 Å². The molecule has 3 heterocycles. The summed E-state index contributed by atoms with van der Waals surface area (Å²) >= 11 is 0. The van der Waals surface area contributed by atoms with Gasteiger partial charge in [-0.2, -0.15) is 0 Å². The first-order valence-corrected chi connectivity index (χ1v) is 24.3. The zero-order chi connectivity index (χ0) is 47.8. The van der Waals surface area contributed by atoms with Crippen LogP contribution in [0.25, 0.3) is 0 Å². The van der Waals surface area contributed by atoms with Crippen molar-refractivity contribution in [2.24, 2.45) is 45.3 Å². The highest BCUT2D eigenvalue weighted by atomic mass is 16.8. The first-order chi connectivity index (χ1) is 30.3. The van der Waals surface area contributed by atoms with Gasteiger partial charge in [-0.15, -0.1) is 0 Å². The Hall–Kier alpha value is -0.940. The summed E-state index contributed by atoms with van der Waals surface area (Å²) in [5.41, 5.74) is -1.01. The van der Waals surface area contributed by atoms with Crippen LogP contribution < -0.4 is 0 Å². The number of aliphatic hydroxyl groups excluding tert-OH is 10. The van der Waals surface area contributed by atoms with Crippen LogP contribution in [-0.4, -0.2) is 180 Å². The first-order valence-electron chi connectivity index (χ1n) is 24.3. The van der Waals surface area contributed by atoms with E-state index in [9.17, 15) is 56.2 Å². The highest BCUT2D eigenvalue weighted by molar-refractivity contribution is 5.31. The Morgan fingerprint density at radius 1 is 0.723 bits per heavy atom. The molecule has 0 bridgehead atoms. The highest BCUT2D eigenvalue weighted by Crippen LogP contribution is 2.75. The fourth-order valence-corrected chi connectivity index (χ4v) is 14.0. The fraction of sp³-hybridized carbons (Fsp3) is 0.958. The van der Waals surface area contributed by atoms with E-state index in [2.05, 4.69) is 47.6 Å². The van der Waals surface area contributed by atoms with Gasteiger partial charge < -0.3 is 84.6 Å². The molecule has 17 heteroatoms. The fourth-order valence-electron chi connectivity index (χ4n) is 14.0. The number of rotatable bonds is 14. The predicted octanol–water partition coefficient (Wildman–Crippen LogP) is 1.00. The van der Waals surface area contributed by atoms with Gasteiger partial charge in [0.1, 0.15) is 48.8 Å². The van der Waals surface area contributed by atoms with Crippen LogP contribution in [0, 0.1) is 45.3 Å². The molecule has 3 aliphatic heterocycles. The van der Waals surface area contributed by atoms with Crippen molar-refractivity contribution in [2.45, 2.75) is 223 Å². The second-order valence-electron chi connectivity index (χ2n) is 22.9. The maximum atomic E-state index is 12.4. The lowest BCUT2D eigenvalue weighted by Gasteiger charge is -2.67. The van der Waals surface area contributed by atoms with Gasteiger partial charge in [0.05, 0.1) is 55.9 Å². The molecule has 6 fully saturated rings. The summed E-state index contributed by atoms with van der Waals surface area (Å²) in [5, 5.41) is 119. The smallest absolute Gasteiger partial charge is 0.187 e. The van der Waals surface area contributed by atoms with Crippen LogP contribution in [-0.2, 0) is 28.4 Å². The SMILES string of the molecule is C[C@H](CC[C@@H](O[C@@H]1O[C@H](CO[C@@H]2O[C@H](CO)[C@@H](O)C[C@H]2O)[C@@H](O)C[C@H]1OC1O[C@@H](CO)[C@H](O)[C@@H](O)[C@@H]1O)C(C)(C)O)C1CC[C@@]2(C)C3CC=C4C(CC[C@H](O)C4(C)C)[C@]3(C)[C@H](O)C[C@]12C. The van der Waals surface area contributed by atoms with Gasteiger partial charge in [0.25, 0.3) is 0 Å². The van der Waals surface area contributed by atoms with Crippen molar-refractivity contribution < 1.29 is 84.6 Å². The van der Waals surface area contributed by atoms with Crippen molar-refractivity contribution in [3.63, 3.8) is 0 Å². The molecule has 11 N–H and O–H groups in total. The molecular formula is C48H82O17. The lowest BCUT2D eigenvalue weighted by atomic mass is 9.38. The number of hydrogen-bond acceptors (Lipinski definition) is 17. The van der Waals surface area contributed by atoms with Crippen molar-refractivity contribution in [3.8, 4) is 0 Å². The molecule has 4 aliphatic carbocycles. The molecule has 7 rings (SSSR count). The first kappa shape index (κ1) is 51.9. The van der Waals surface area contributed by atoms with Crippen molar-refractivity contribution in [2.75, 3.05) is 19.8 Å². The Morgan fingerprint density at radius 2 is 1.37 bits per heavy atom. The van der Waals surface area contributed by atoms with Crippen LogP contribution in [0.5, 0.6) is 0 Å². The van der Waals surface area contributed by atoms with Crippen LogP contribution in [0.4, 0.5) is 0 Å². The van der Waals surface area contributed by atoms with E-state index >= 15 is 0 Å². The van der Waals surface area contributed by atoms with Gasteiger partial charge in [-0.1, -0.05) is 53.2 Å². The third kappa shape index (κ3) is 9.29. The normalized spacial score (nSPS) is 49.9. The lowest BCUT2D eigenvalue weighted by molar-refractivity contribution is -0.363. The summed E-state index contributed by atoms with van der Waals surface area (Å²) in [5.74, 6) is 0.891. The van der Waals surface area contributed by atoms with E-state index in [4.69, 9.17) is 28.4 Å². The number of hydrogen-bond donors (Lipinski definition) is 11. The van der Waals surface area contributed by atoms with Gasteiger partial charge >= 0.3 is 0 Å². The maximum Gasteiger partial charge on any atom is 0.187 e. The van der Waals surface area contributed by atoms with Crippen molar-refractivity contribution in [3.05, 3.63) is 11.6 Å². The molecular weight excluding hydrogens is 849 g/mol. The lowest BCUT2D eigenvalue weighted by Crippen LogP contribution is -2.64. The topological polar surface area (TPSA) is 278 Å². The molecule has 23 atom stereocenters. The van der Waals surface area contributed by atoms with Crippen molar-refractivity contribution in [1.29, 1.82) is 0 Å². The summed E-state index contributed by atoms with van der Waals surface area (Å²) < 4.78 is 36.2. The molecule has 376 valence electrons. The average molecular weight is 931 g/mol. The summed E-state index contributed by atoms with van der Waals surface area (Å²) in [6, 6.07) is 0. The van der Waals surface area contributed by atoms with E-state index < -0.39 is 117 Å². The summed E-state index contributed by atoms with van der Waals surface area (Å²) in [7, 11) is 0. The predicted molar refractivity (Wildman–Crippen MR) is 232 cm³/mol. The van der Waals surface area contributed by atoms with Crippen LogP contribution in [0.1, 0.15) is 120 Å². The third-order valence-corrected chi connectivity index (χ3v) is 18.4. The molecule has 3 saturated heterocycles. The Kier molecular flexibility index (Phi) is 15.4. The van der Waals surface area contributed by atoms with Gasteiger partial charge in [0.2, 0.25) is 0 Å². The van der Waals surface area contributed by atoms with Crippen LogP contribution in [0.2, 0.25) is 0 Å².